The van der Waals surface area contributed by atoms with Crippen LogP contribution in [-0.4, -0.2) is 49.5 Å². The number of hydrogen-bond acceptors (Lipinski definition) is 4. The van der Waals surface area contributed by atoms with Gasteiger partial charge in [0.2, 0.25) is 21.8 Å². The summed E-state index contributed by atoms with van der Waals surface area (Å²) in [5, 5.41) is 3.29. The number of halogens is 4. The van der Waals surface area contributed by atoms with Crippen LogP contribution in [0.3, 0.4) is 0 Å². The van der Waals surface area contributed by atoms with Crippen LogP contribution in [-0.2, 0) is 32.3 Å². The maximum atomic E-state index is 13.6. The monoisotopic (exact) mass is 561 g/mol. The number of sulfonamides is 1. The van der Waals surface area contributed by atoms with Crippen LogP contribution < -0.4 is 9.62 Å². The number of carbonyl (C=O) groups excluding carboxylic acids is 2. The van der Waals surface area contributed by atoms with Gasteiger partial charge >= 0.3 is 6.18 Å². The highest BCUT2D eigenvalue weighted by molar-refractivity contribution is 7.92. The van der Waals surface area contributed by atoms with Crippen LogP contribution in [0.2, 0.25) is 5.02 Å². The van der Waals surface area contributed by atoms with Gasteiger partial charge in [-0.1, -0.05) is 36.7 Å². The van der Waals surface area contributed by atoms with E-state index in [0.29, 0.717) is 21.0 Å². The van der Waals surface area contributed by atoms with E-state index in [4.69, 9.17) is 11.6 Å². The minimum Gasteiger partial charge on any atom is -0.350 e. The van der Waals surface area contributed by atoms with E-state index in [0.717, 1.165) is 18.4 Å². The minimum atomic E-state index is -4.71. The standard InChI is InChI=1S/C25H31ClF3N3O4S/c1-6-21(23(34)30-24(2,3)4)31(15-17-10-12-19(26)13-11-17)22(33)16-32(37(5,35)36)20-9-7-8-18(14-20)25(27,28)29/h7-14,21H,6,15-16H2,1-5H3,(H,30,34). The molecule has 2 amide bonds. The van der Waals surface area contributed by atoms with Crippen LogP contribution in [0.15, 0.2) is 48.5 Å². The highest BCUT2D eigenvalue weighted by atomic mass is 35.5. The number of benzene rings is 2. The van der Waals surface area contributed by atoms with Crippen molar-refractivity contribution in [1.82, 2.24) is 10.2 Å². The quantitative estimate of drug-likeness (QED) is 0.474. The molecule has 2 aromatic carbocycles. The number of amides is 2. The molecule has 1 unspecified atom stereocenters. The fourth-order valence-corrected chi connectivity index (χ4v) is 4.58. The van der Waals surface area contributed by atoms with Gasteiger partial charge < -0.3 is 10.2 Å². The van der Waals surface area contributed by atoms with E-state index in [2.05, 4.69) is 5.32 Å². The van der Waals surface area contributed by atoms with E-state index in [1.165, 1.54) is 11.0 Å². The molecule has 2 aromatic rings. The van der Waals surface area contributed by atoms with Crippen molar-refractivity contribution in [3.05, 3.63) is 64.7 Å². The lowest BCUT2D eigenvalue weighted by Crippen LogP contribution is -2.55. The average Bonchev–Trinajstić information content (AvgIpc) is 2.76. The Morgan fingerprint density at radius 3 is 2.14 bits per heavy atom. The summed E-state index contributed by atoms with van der Waals surface area (Å²) in [5.74, 6) is -1.20. The first-order valence-electron chi connectivity index (χ1n) is 11.4. The van der Waals surface area contributed by atoms with E-state index in [9.17, 15) is 31.2 Å². The molecule has 1 N–H and O–H groups in total. The van der Waals surface area contributed by atoms with Crippen molar-refractivity contribution in [2.24, 2.45) is 0 Å². The van der Waals surface area contributed by atoms with Crippen molar-refractivity contribution >= 4 is 39.1 Å². The van der Waals surface area contributed by atoms with E-state index >= 15 is 0 Å². The molecule has 7 nitrogen and oxygen atoms in total. The molecule has 1 atom stereocenters. The summed E-state index contributed by atoms with van der Waals surface area (Å²) >= 11 is 5.96. The number of hydrogen-bond donors (Lipinski definition) is 1. The van der Waals surface area contributed by atoms with Gasteiger partial charge in [0.25, 0.3) is 0 Å². The number of carbonyl (C=O) groups is 2. The zero-order valence-corrected chi connectivity index (χ0v) is 22.8. The molecule has 0 spiro atoms. The lowest BCUT2D eigenvalue weighted by atomic mass is 10.1. The van der Waals surface area contributed by atoms with Gasteiger partial charge in [0.05, 0.1) is 17.5 Å². The average molecular weight is 562 g/mol. The van der Waals surface area contributed by atoms with Gasteiger partial charge in [-0.2, -0.15) is 13.2 Å². The highest BCUT2D eigenvalue weighted by Gasteiger charge is 2.35. The van der Waals surface area contributed by atoms with Crippen molar-refractivity contribution < 1.29 is 31.2 Å². The molecule has 0 aliphatic rings. The van der Waals surface area contributed by atoms with Gasteiger partial charge in [0, 0.05) is 17.1 Å². The highest BCUT2D eigenvalue weighted by Crippen LogP contribution is 2.32. The third-order valence-electron chi connectivity index (χ3n) is 5.29. The SMILES string of the molecule is CCC(C(=O)NC(C)(C)C)N(Cc1ccc(Cl)cc1)C(=O)CN(c1cccc(C(F)(F)F)c1)S(C)(=O)=O. The molecule has 0 saturated heterocycles. The lowest BCUT2D eigenvalue weighted by molar-refractivity contribution is -0.141. The molecule has 0 fully saturated rings. The van der Waals surface area contributed by atoms with Gasteiger partial charge in [-0.05, 0) is 63.1 Å². The lowest BCUT2D eigenvalue weighted by Gasteiger charge is -2.34. The predicted molar refractivity (Wildman–Crippen MR) is 138 cm³/mol. The van der Waals surface area contributed by atoms with E-state index in [1.54, 1.807) is 52.0 Å². The van der Waals surface area contributed by atoms with Crippen molar-refractivity contribution in [2.45, 2.75) is 58.4 Å². The molecule has 0 bridgehead atoms. The second kappa shape index (κ2) is 11.7. The topological polar surface area (TPSA) is 86.8 Å². The smallest absolute Gasteiger partial charge is 0.350 e. The summed E-state index contributed by atoms with van der Waals surface area (Å²) < 4.78 is 65.6. The van der Waals surface area contributed by atoms with E-state index in [1.807, 2.05) is 0 Å². The molecule has 0 aliphatic carbocycles. The Balaban J connectivity index is 2.50. The molecular formula is C25H31ClF3N3O4S. The van der Waals surface area contributed by atoms with Crippen molar-refractivity contribution in [2.75, 3.05) is 17.1 Å². The molecule has 0 radical (unpaired) electrons. The van der Waals surface area contributed by atoms with Crippen LogP contribution in [0.4, 0.5) is 18.9 Å². The number of anilines is 1. The van der Waals surface area contributed by atoms with Crippen molar-refractivity contribution in [1.29, 1.82) is 0 Å². The summed E-state index contributed by atoms with van der Waals surface area (Å²) in [6, 6.07) is 9.31. The second-order valence-corrected chi connectivity index (χ2v) is 12.0. The maximum absolute atomic E-state index is 13.6. The Labute approximate surface area is 220 Å². The third-order valence-corrected chi connectivity index (χ3v) is 6.68. The minimum absolute atomic E-state index is 0.0493. The maximum Gasteiger partial charge on any atom is 0.416 e. The molecule has 0 saturated carbocycles. The van der Waals surface area contributed by atoms with Crippen LogP contribution in [0.1, 0.15) is 45.2 Å². The van der Waals surface area contributed by atoms with Crippen LogP contribution in [0.5, 0.6) is 0 Å². The van der Waals surface area contributed by atoms with Crippen LogP contribution in [0.25, 0.3) is 0 Å². The molecule has 37 heavy (non-hydrogen) atoms. The molecule has 0 aliphatic heterocycles. The predicted octanol–water partition coefficient (Wildman–Crippen LogP) is 4.85. The number of rotatable bonds is 9. The first-order chi connectivity index (χ1) is 16.9. The Morgan fingerprint density at radius 1 is 1.05 bits per heavy atom. The number of nitrogens with zero attached hydrogens (tertiary/aromatic N) is 2. The van der Waals surface area contributed by atoms with Gasteiger partial charge in [-0.3, -0.25) is 13.9 Å². The van der Waals surface area contributed by atoms with Crippen LogP contribution >= 0.6 is 11.6 Å². The molecule has 204 valence electrons. The van der Waals surface area contributed by atoms with Crippen molar-refractivity contribution in [3.8, 4) is 0 Å². The van der Waals surface area contributed by atoms with Gasteiger partial charge in [-0.15, -0.1) is 0 Å². The summed E-state index contributed by atoms with van der Waals surface area (Å²) in [4.78, 5) is 27.9. The van der Waals surface area contributed by atoms with Gasteiger partial charge in [-0.25, -0.2) is 8.42 Å². The Hall–Kier alpha value is -2.79. The zero-order valence-electron chi connectivity index (χ0n) is 21.3. The van der Waals surface area contributed by atoms with E-state index < -0.39 is 51.7 Å². The zero-order chi connectivity index (χ0) is 28.2. The first kappa shape index (κ1) is 30.4. The summed E-state index contributed by atoms with van der Waals surface area (Å²) in [6.07, 6.45) is -3.69. The van der Waals surface area contributed by atoms with Gasteiger partial charge in [0.15, 0.2) is 0 Å². The molecule has 2 rings (SSSR count). The molecule has 0 heterocycles. The summed E-state index contributed by atoms with van der Waals surface area (Å²) in [7, 11) is -4.17. The fourth-order valence-electron chi connectivity index (χ4n) is 3.61. The second-order valence-electron chi connectivity index (χ2n) is 9.63. The first-order valence-corrected chi connectivity index (χ1v) is 13.7. The normalized spacial score (nSPS) is 13.1. The third kappa shape index (κ3) is 8.92. The number of alkyl halides is 3. The number of nitrogens with one attached hydrogen (secondary N) is 1. The summed E-state index contributed by atoms with van der Waals surface area (Å²) in [6.45, 7) is 6.20. The largest absolute Gasteiger partial charge is 0.416 e. The molecular weight excluding hydrogens is 531 g/mol. The van der Waals surface area contributed by atoms with Crippen LogP contribution in [0, 0.1) is 0 Å². The molecule has 0 aromatic heterocycles. The van der Waals surface area contributed by atoms with Gasteiger partial charge in [0.1, 0.15) is 12.6 Å². The Kier molecular flexibility index (Phi) is 9.64. The van der Waals surface area contributed by atoms with E-state index in [-0.39, 0.29) is 18.7 Å². The molecule has 12 heteroatoms. The van der Waals surface area contributed by atoms with Crippen molar-refractivity contribution in [3.63, 3.8) is 0 Å². The Morgan fingerprint density at radius 2 is 1.65 bits per heavy atom. The summed E-state index contributed by atoms with van der Waals surface area (Å²) in [5.41, 5.74) is -1.34. The fraction of sp³-hybridized carbons (Fsp3) is 0.440. The Bertz CT molecular complexity index is 1210.